The minimum atomic E-state index is 0.0927. The summed E-state index contributed by atoms with van der Waals surface area (Å²) in [5.41, 5.74) is 1.59. The number of amides is 1. The molecule has 1 aromatic carbocycles. The molecule has 2 aromatic rings. The van der Waals surface area contributed by atoms with Gasteiger partial charge in [-0.1, -0.05) is 13.0 Å². The Balaban J connectivity index is 1.88. The van der Waals surface area contributed by atoms with E-state index in [1.165, 1.54) is 0 Å². The Morgan fingerprint density at radius 2 is 2.10 bits per heavy atom. The number of rotatable bonds is 2. The molecule has 0 unspecified atom stereocenters. The molecule has 1 aliphatic rings. The summed E-state index contributed by atoms with van der Waals surface area (Å²) < 4.78 is 5.34. The number of aromatic nitrogens is 1. The summed E-state index contributed by atoms with van der Waals surface area (Å²) in [5.74, 6) is 1.61. The third kappa shape index (κ3) is 2.26. The van der Waals surface area contributed by atoms with E-state index < -0.39 is 0 Å². The van der Waals surface area contributed by atoms with E-state index >= 15 is 0 Å². The normalized spacial score (nSPS) is 16.6. The van der Waals surface area contributed by atoms with E-state index in [9.17, 15) is 4.79 Å². The van der Waals surface area contributed by atoms with Gasteiger partial charge in [0, 0.05) is 24.0 Å². The van der Waals surface area contributed by atoms with Crippen LogP contribution in [-0.4, -0.2) is 36.0 Å². The fourth-order valence-corrected chi connectivity index (χ4v) is 2.80. The lowest BCUT2D eigenvalue weighted by molar-refractivity contribution is 0.0692. The minimum absolute atomic E-state index is 0.0927. The maximum Gasteiger partial charge on any atom is 0.270 e. The van der Waals surface area contributed by atoms with Crippen LogP contribution in [0.2, 0.25) is 0 Å². The molecular weight excluding hydrogens is 252 g/mol. The number of ether oxygens (including phenoxy) is 1. The van der Waals surface area contributed by atoms with Crippen LogP contribution in [0.5, 0.6) is 5.75 Å². The maximum atomic E-state index is 12.5. The van der Waals surface area contributed by atoms with Gasteiger partial charge in [0.1, 0.15) is 11.4 Å². The zero-order valence-electron chi connectivity index (χ0n) is 12.0. The number of H-pyrrole nitrogens is 1. The molecule has 0 spiro atoms. The summed E-state index contributed by atoms with van der Waals surface area (Å²) in [4.78, 5) is 17.7. The lowest BCUT2D eigenvalue weighted by Gasteiger charge is -2.29. The summed E-state index contributed by atoms with van der Waals surface area (Å²) in [5, 5.41) is 0.962. The highest BCUT2D eigenvalue weighted by Crippen LogP contribution is 2.27. The molecule has 3 rings (SSSR count). The maximum absolute atomic E-state index is 12.5. The zero-order valence-corrected chi connectivity index (χ0v) is 12.0. The van der Waals surface area contributed by atoms with Gasteiger partial charge in [-0.15, -0.1) is 0 Å². The van der Waals surface area contributed by atoms with Gasteiger partial charge in [0.05, 0.1) is 7.11 Å². The van der Waals surface area contributed by atoms with E-state index in [4.69, 9.17) is 4.74 Å². The fraction of sp³-hybridized carbons (Fsp3) is 0.438. The number of aromatic amines is 1. The molecule has 1 saturated heterocycles. The van der Waals surface area contributed by atoms with Crippen molar-refractivity contribution in [1.82, 2.24) is 9.88 Å². The van der Waals surface area contributed by atoms with E-state index in [1.807, 2.05) is 29.2 Å². The number of fused-ring (bicyclic) bond motifs is 1. The Hall–Kier alpha value is -1.97. The molecule has 4 heteroatoms. The highest BCUT2D eigenvalue weighted by Gasteiger charge is 2.22. The van der Waals surface area contributed by atoms with Crippen LogP contribution in [0.4, 0.5) is 0 Å². The molecule has 1 N–H and O–H groups in total. The number of nitrogens with zero attached hydrogens (tertiary/aromatic N) is 1. The predicted molar refractivity (Wildman–Crippen MR) is 79.2 cm³/mol. The molecule has 1 fully saturated rings. The smallest absolute Gasteiger partial charge is 0.270 e. The Bertz CT molecular complexity index is 624. The average molecular weight is 272 g/mol. The second kappa shape index (κ2) is 5.19. The molecule has 0 bridgehead atoms. The summed E-state index contributed by atoms with van der Waals surface area (Å²) in [7, 11) is 1.65. The van der Waals surface area contributed by atoms with Crippen molar-refractivity contribution in [2.75, 3.05) is 20.2 Å². The van der Waals surface area contributed by atoms with Crippen LogP contribution in [0, 0.1) is 5.92 Å². The van der Waals surface area contributed by atoms with Gasteiger partial charge in [0.2, 0.25) is 0 Å². The topological polar surface area (TPSA) is 45.3 Å². The second-order valence-corrected chi connectivity index (χ2v) is 5.58. The van der Waals surface area contributed by atoms with Gasteiger partial charge in [0.25, 0.3) is 5.91 Å². The Kier molecular flexibility index (Phi) is 3.38. The van der Waals surface area contributed by atoms with E-state index in [2.05, 4.69) is 11.9 Å². The van der Waals surface area contributed by atoms with Crippen molar-refractivity contribution in [3.63, 3.8) is 0 Å². The van der Waals surface area contributed by atoms with Crippen LogP contribution >= 0.6 is 0 Å². The largest absolute Gasteiger partial charge is 0.496 e. The summed E-state index contributed by atoms with van der Waals surface area (Å²) in [6.45, 7) is 3.95. The fourth-order valence-electron chi connectivity index (χ4n) is 2.80. The predicted octanol–water partition coefficient (Wildman–Crippen LogP) is 3.05. The molecular formula is C16H20N2O2. The number of carbonyl (C=O) groups excluding carboxylic acids is 1. The third-order valence-electron chi connectivity index (χ3n) is 4.15. The van der Waals surface area contributed by atoms with Crippen LogP contribution < -0.4 is 4.74 Å². The standard InChI is InChI=1S/C16H20N2O2/c1-11-6-8-18(9-7-11)16(19)14-10-12-13(17-14)4-3-5-15(12)20-2/h3-5,10-11,17H,6-9H2,1-2H3. The molecule has 20 heavy (non-hydrogen) atoms. The van der Waals surface area contributed by atoms with Crippen molar-refractivity contribution >= 4 is 16.8 Å². The van der Waals surface area contributed by atoms with Crippen LogP contribution in [0.3, 0.4) is 0 Å². The number of hydrogen-bond acceptors (Lipinski definition) is 2. The lowest BCUT2D eigenvalue weighted by Crippen LogP contribution is -2.38. The monoisotopic (exact) mass is 272 g/mol. The Labute approximate surface area is 118 Å². The van der Waals surface area contributed by atoms with Crippen LogP contribution in [0.1, 0.15) is 30.3 Å². The van der Waals surface area contributed by atoms with Gasteiger partial charge in [-0.25, -0.2) is 0 Å². The quantitative estimate of drug-likeness (QED) is 0.913. The second-order valence-electron chi connectivity index (χ2n) is 5.58. The number of likely N-dealkylation sites (tertiary alicyclic amines) is 1. The van der Waals surface area contributed by atoms with Crippen LogP contribution in [-0.2, 0) is 0 Å². The van der Waals surface area contributed by atoms with Gasteiger partial charge in [-0.2, -0.15) is 0 Å². The molecule has 2 heterocycles. The molecule has 106 valence electrons. The third-order valence-corrected chi connectivity index (χ3v) is 4.15. The molecule has 1 aromatic heterocycles. The molecule has 0 atom stereocenters. The molecule has 1 amide bonds. The van der Waals surface area contributed by atoms with Gasteiger partial charge in [-0.05, 0) is 37.0 Å². The number of carbonyl (C=O) groups is 1. The van der Waals surface area contributed by atoms with Gasteiger partial charge in [-0.3, -0.25) is 4.79 Å². The highest BCUT2D eigenvalue weighted by molar-refractivity contribution is 5.99. The average Bonchev–Trinajstić information content (AvgIpc) is 2.91. The summed E-state index contributed by atoms with van der Waals surface area (Å²) >= 11 is 0. The van der Waals surface area contributed by atoms with Crippen molar-refractivity contribution < 1.29 is 9.53 Å². The van der Waals surface area contributed by atoms with Gasteiger partial charge in [0.15, 0.2) is 0 Å². The van der Waals surface area contributed by atoms with E-state index in [-0.39, 0.29) is 5.91 Å². The number of nitrogens with one attached hydrogen (secondary N) is 1. The summed E-state index contributed by atoms with van der Waals surface area (Å²) in [6, 6.07) is 7.70. The number of piperidine rings is 1. The lowest BCUT2D eigenvalue weighted by atomic mass is 9.99. The molecule has 0 saturated carbocycles. The highest BCUT2D eigenvalue weighted by atomic mass is 16.5. The Morgan fingerprint density at radius 3 is 2.80 bits per heavy atom. The van der Waals surface area contributed by atoms with Crippen molar-refractivity contribution in [3.05, 3.63) is 30.0 Å². The number of benzene rings is 1. The van der Waals surface area contributed by atoms with E-state index in [1.54, 1.807) is 7.11 Å². The van der Waals surface area contributed by atoms with Crippen LogP contribution in [0.25, 0.3) is 10.9 Å². The molecule has 4 nitrogen and oxygen atoms in total. The first-order chi connectivity index (χ1) is 9.69. The molecule has 0 aliphatic carbocycles. The zero-order chi connectivity index (χ0) is 14.1. The van der Waals surface area contributed by atoms with Gasteiger partial charge >= 0.3 is 0 Å². The summed E-state index contributed by atoms with van der Waals surface area (Å²) in [6.07, 6.45) is 2.19. The molecule has 1 aliphatic heterocycles. The van der Waals surface area contributed by atoms with Crippen molar-refractivity contribution in [1.29, 1.82) is 0 Å². The number of hydrogen-bond donors (Lipinski definition) is 1. The molecule has 0 radical (unpaired) electrons. The van der Waals surface area contributed by atoms with Crippen molar-refractivity contribution in [3.8, 4) is 5.75 Å². The Morgan fingerprint density at radius 1 is 1.35 bits per heavy atom. The van der Waals surface area contributed by atoms with Crippen LogP contribution in [0.15, 0.2) is 24.3 Å². The van der Waals surface area contributed by atoms with Crippen molar-refractivity contribution in [2.45, 2.75) is 19.8 Å². The van der Waals surface area contributed by atoms with Gasteiger partial charge < -0.3 is 14.6 Å². The number of methoxy groups -OCH3 is 1. The van der Waals surface area contributed by atoms with Crippen molar-refractivity contribution in [2.24, 2.45) is 5.92 Å². The minimum Gasteiger partial charge on any atom is -0.496 e. The first-order valence-corrected chi connectivity index (χ1v) is 7.14. The SMILES string of the molecule is COc1cccc2[nH]c(C(=O)N3CCC(C)CC3)cc12. The van der Waals surface area contributed by atoms with E-state index in [0.717, 1.165) is 48.5 Å². The first-order valence-electron chi connectivity index (χ1n) is 7.14. The first kappa shape index (κ1) is 13.0. The van der Waals surface area contributed by atoms with E-state index in [0.29, 0.717) is 5.69 Å².